The van der Waals surface area contributed by atoms with Crippen molar-refractivity contribution < 1.29 is 48.5 Å². The first kappa shape index (κ1) is 26.2. The SMILES string of the molecule is COc1ccc(-c2cc3cc(CCCO[C@@H]4OC(CO)[C@H](O)C(O)C4O)cc(OC)c3o2)cc1OC. The van der Waals surface area contributed by atoms with Crippen molar-refractivity contribution in [3.63, 3.8) is 0 Å². The smallest absolute Gasteiger partial charge is 0.186 e. The molecule has 1 aromatic heterocycles. The van der Waals surface area contributed by atoms with Gasteiger partial charge in [0.1, 0.15) is 30.2 Å². The predicted molar refractivity (Wildman–Crippen MR) is 129 cm³/mol. The summed E-state index contributed by atoms with van der Waals surface area (Å²) in [5.41, 5.74) is 2.46. The molecule has 0 saturated carbocycles. The molecule has 0 aliphatic carbocycles. The fraction of sp³-hybridized carbons (Fsp3) is 0.462. The van der Waals surface area contributed by atoms with Crippen LogP contribution in [0.15, 0.2) is 40.8 Å². The molecule has 1 aliphatic heterocycles. The van der Waals surface area contributed by atoms with Crippen LogP contribution in [0.1, 0.15) is 12.0 Å². The molecule has 3 unspecified atom stereocenters. The summed E-state index contributed by atoms with van der Waals surface area (Å²) in [4.78, 5) is 0. The summed E-state index contributed by atoms with van der Waals surface area (Å²) in [6.07, 6.45) is -5.21. The molecule has 196 valence electrons. The molecular weight excluding hydrogens is 472 g/mol. The number of furan rings is 1. The fourth-order valence-electron chi connectivity index (χ4n) is 4.29. The van der Waals surface area contributed by atoms with Crippen molar-refractivity contribution in [2.45, 2.75) is 43.5 Å². The first-order chi connectivity index (χ1) is 17.4. The molecule has 10 heteroatoms. The van der Waals surface area contributed by atoms with Gasteiger partial charge in [-0.1, -0.05) is 0 Å². The number of aryl methyl sites for hydroxylation is 1. The second kappa shape index (κ2) is 11.5. The highest BCUT2D eigenvalue weighted by Crippen LogP contribution is 2.38. The minimum absolute atomic E-state index is 0.228. The molecule has 36 heavy (non-hydrogen) atoms. The average molecular weight is 505 g/mol. The Morgan fingerprint density at radius 2 is 1.58 bits per heavy atom. The maximum absolute atomic E-state index is 10.1. The van der Waals surface area contributed by atoms with E-state index in [1.54, 1.807) is 21.3 Å². The quantitative estimate of drug-likeness (QED) is 0.303. The summed E-state index contributed by atoms with van der Waals surface area (Å²) in [6, 6.07) is 11.4. The molecule has 10 nitrogen and oxygen atoms in total. The lowest BCUT2D eigenvalue weighted by Crippen LogP contribution is -2.59. The Morgan fingerprint density at radius 1 is 0.833 bits per heavy atom. The Hall–Kier alpha value is -2.86. The van der Waals surface area contributed by atoms with E-state index in [9.17, 15) is 20.4 Å². The minimum atomic E-state index is -1.46. The normalized spacial score (nSPS) is 24.1. The largest absolute Gasteiger partial charge is 0.493 e. The molecule has 1 fully saturated rings. The maximum atomic E-state index is 10.1. The van der Waals surface area contributed by atoms with Gasteiger partial charge in [-0.05, 0) is 54.8 Å². The number of ether oxygens (including phenoxy) is 5. The summed E-state index contributed by atoms with van der Waals surface area (Å²) >= 11 is 0. The van der Waals surface area contributed by atoms with Crippen LogP contribution in [0.2, 0.25) is 0 Å². The van der Waals surface area contributed by atoms with Crippen LogP contribution < -0.4 is 14.2 Å². The van der Waals surface area contributed by atoms with Crippen LogP contribution in [0.5, 0.6) is 17.2 Å². The molecule has 2 aromatic carbocycles. The van der Waals surface area contributed by atoms with E-state index in [0.29, 0.717) is 41.4 Å². The third-order valence-electron chi connectivity index (χ3n) is 6.27. The zero-order chi connectivity index (χ0) is 25.8. The number of fused-ring (bicyclic) bond motifs is 1. The van der Waals surface area contributed by atoms with Gasteiger partial charge in [0, 0.05) is 10.9 Å². The van der Waals surface area contributed by atoms with Gasteiger partial charge in [0.2, 0.25) is 0 Å². The van der Waals surface area contributed by atoms with Crippen LogP contribution in [-0.4, -0.2) is 85.7 Å². The summed E-state index contributed by atoms with van der Waals surface area (Å²) in [7, 11) is 4.75. The van der Waals surface area contributed by atoms with Gasteiger partial charge >= 0.3 is 0 Å². The van der Waals surface area contributed by atoms with E-state index in [1.807, 2.05) is 36.4 Å². The molecule has 1 aliphatic rings. The average Bonchev–Trinajstić information content (AvgIpc) is 3.34. The predicted octanol–water partition coefficient (Wildman–Crippen LogP) is 1.87. The Morgan fingerprint density at radius 3 is 2.28 bits per heavy atom. The van der Waals surface area contributed by atoms with Crippen molar-refractivity contribution in [2.24, 2.45) is 0 Å². The van der Waals surface area contributed by atoms with Gasteiger partial charge in [0.25, 0.3) is 0 Å². The van der Waals surface area contributed by atoms with E-state index >= 15 is 0 Å². The van der Waals surface area contributed by atoms with Gasteiger partial charge in [0.15, 0.2) is 29.1 Å². The minimum Gasteiger partial charge on any atom is -0.493 e. The van der Waals surface area contributed by atoms with Crippen LogP contribution in [0.25, 0.3) is 22.3 Å². The number of aliphatic hydroxyl groups excluding tert-OH is 4. The van der Waals surface area contributed by atoms with Gasteiger partial charge in [-0.2, -0.15) is 0 Å². The van der Waals surface area contributed by atoms with Crippen LogP contribution >= 0.6 is 0 Å². The molecule has 5 atom stereocenters. The van der Waals surface area contributed by atoms with Gasteiger partial charge < -0.3 is 48.5 Å². The van der Waals surface area contributed by atoms with Gasteiger partial charge in [-0.3, -0.25) is 0 Å². The lowest BCUT2D eigenvalue weighted by Gasteiger charge is -2.39. The number of hydrogen-bond donors (Lipinski definition) is 4. The van der Waals surface area contributed by atoms with E-state index in [1.165, 1.54) is 0 Å². The Balaban J connectivity index is 1.44. The number of benzene rings is 2. The Bertz CT molecular complexity index is 1160. The second-order valence-corrected chi connectivity index (χ2v) is 8.57. The van der Waals surface area contributed by atoms with Crippen LogP contribution in [-0.2, 0) is 15.9 Å². The molecule has 2 heterocycles. The van der Waals surface area contributed by atoms with Gasteiger partial charge in [0.05, 0.1) is 34.5 Å². The summed E-state index contributed by atoms with van der Waals surface area (Å²) in [6.45, 7) is -0.272. The standard InChI is InChI=1S/C26H32O10/c1-31-17-7-6-15(11-19(17)32-2)18-12-16-9-14(10-20(33-3)25(16)35-18)5-4-8-34-26-24(30)23(29)22(28)21(13-27)36-26/h6-7,9-12,21-24,26-30H,4-5,8,13H2,1-3H3/t21?,22-,23?,24?,26+/m0/s1. The first-order valence-electron chi connectivity index (χ1n) is 11.6. The molecule has 1 saturated heterocycles. The monoisotopic (exact) mass is 504 g/mol. The van der Waals surface area contributed by atoms with E-state index in [-0.39, 0.29) is 6.61 Å². The van der Waals surface area contributed by atoms with E-state index < -0.39 is 37.3 Å². The highest BCUT2D eigenvalue weighted by atomic mass is 16.7. The summed E-state index contributed by atoms with van der Waals surface area (Å²) in [5.74, 6) is 2.49. The fourth-order valence-corrected chi connectivity index (χ4v) is 4.29. The number of rotatable bonds is 10. The topological polar surface area (TPSA) is 140 Å². The second-order valence-electron chi connectivity index (χ2n) is 8.57. The van der Waals surface area contributed by atoms with Crippen molar-refractivity contribution in [1.29, 1.82) is 0 Å². The molecule has 3 aromatic rings. The maximum Gasteiger partial charge on any atom is 0.186 e. The number of hydrogen-bond acceptors (Lipinski definition) is 10. The highest BCUT2D eigenvalue weighted by Gasteiger charge is 2.43. The van der Waals surface area contributed by atoms with E-state index in [4.69, 9.17) is 28.1 Å². The molecule has 0 spiro atoms. The molecule has 0 bridgehead atoms. The van der Waals surface area contributed by atoms with E-state index in [2.05, 4.69) is 0 Å². The van der Waals surface area contributed by atoms with Crippen molar-refractivity contribution in [3.05, 3.63) is 42.0 Å². The van der Waals surface area contributed by atoms with Crippen molar-refractivity contribution in [1.82, 2.24) is 0 Å². The van der Waals surface area contributed by atoms with Crippen molar-refractivity contribution in [2.75, 3.05) is 34.5 Å². The molecule has 4 rings (SSSR count). The molecule has 4 N–H and O–H groups in total. The Kier molecular flexibility index (Phi) is 8.35. The molecule has 0 radical (unpaired) electrons. The first-order valence-corrected chi connectivity index (χ1v) is 11.6. The van der Waals surface area contributed by atoms with E-state index in [0.717, 1.165) is 16.5 Å². The summed E-state index contributed by atoms with van der Waals surface area (Å²) < 4.78 is 33.3. The van der Waals surface area contributed by atoms with Gasteiger partial charge in [-0.15, -0.1) is 0 Å². The van der Waals surface area contributed by atoms with Gasteiger partial charge in [-0.25, -0.2) is 0 Å². The lowest BCUT2D eigenvalue weighted by molar-refractivity contribution is -0.301. The number of methoxy groups -OCH3 is 3. The van der Waals surface area contributed by atoms with Crippen molar-refractivity contribution >= 4 is 11.0 Å². The zero-order valence-electron chi connectivity index (χ0n) is 20.4. The van der Waals surface area contributed by atoms with Crippen LogP contribution in [0, 0.1) is 0 Å². The zero-order valence-corrected chi connectivity index (χ0v) is 20.4. The third-order valence-corrected chi connectivity index (χ3v) is 6.27. The highest BCUT2D eigenvalue weighted by molar-refractivity contribution is 5.88. The van der Waals surface area contributed by atoms with Crippen LogP contribution in [0.3, 0.4) is 0 Å². The summed E-state index contributed by atoms with van der Waals surface area (Å²) in [5, 5.41) is 40.0. The lowest BCUT2D eigenvalue weighted by atomic mass is 9.99. The number of aliphatic hydroxyl groups is 4. The van der Waals surface area contributed by atoms with Crippen molar-refractivity contribution in [3.8, 4) is 28.6 Å². The van der Waals surface area contributed by atoms with Crippen LogP contribution in [0.4, 0.5) is 0 Å². The molecule has 0 amide bonds. The Labute approximate surface area is 208 Å². The third kappa shape index (κ3) is 5.29. The molecular formula is C26H32O10.